The Morgan fingerprint density at radius 2 is 2.00 bits per heavy atom. The van der Waals surface area contributed by atoms with E-state index in [0.29, 0.717) is 13.1 Å². The third-order valence-corrected chi connectivity index (χ3v) is 2.88. The lowest BCUT2D eigenvalue weighted by Crippen LogP contribution is -2.43. The summed E-state index contributed by atoms with van der Waals surface area (Å²) in [4.78, 5) is 13.7. The number of carbonyl (C=O) groups is 1. The molecule has 0 saturated carbocycles. The number of nitrogens with two attached hydrogens (primary N) is 1. The fraction of sp³-hybridized carbons (Fsp3) is 0.500. The van der Waals surface area contributed by atoms with Crippen LogP contribution in [0.25, 0.3) is 0 Å². The third-order valence-electron chi connectivity index (χ3n) is 2.88. The van der Waals surface area contributed by atoms with Crippen molar-refractivity contribution >= 4 is 18.5 Å². The minimum absolute atomic E-state index is 0. The summed E-state index contributed by atoms with van der Waals surface area (Å²) in [6, 6.07) is 7.83. The van der Waals surface area contributed by atoms with Gasteiger partial charge in [0.2, 0.25) is 0 Å². The van der Waals surface area contributed by atoms with Gasteiger partial charge in [-0.2, -0.15) is 0 Å². The van der Waals surface area contributed by atoms with Crippen molar-refractivity contribution in [1.82, 2.24) is 4.90 Å². The van der Waals surface area contributed by atoms with Crippen molar-refractivity contribution in [3.8, 4) is 0 Å². The third kappa shape index (κ3) is 3.85. The number of nitrogens with zero attached hydrogens (tertiary/aromatic N) is 1. The van der Waals surface area contributed by atoms with Crippen LogP contribution < -0.4 is 5.73 Å². The number of ether oxygens (including phenoxy) is 1. The van der Waals surface area contributed by atoms with E-state index in [2.05, 4.69) is 0 Å². The summed E-state index contributed by atoms with van der Waals surface area (Å²) in [5.41, 5.74) is 7.84. The van der Waals surface area contributed by atoms with Crippen LogP contribution in [0.15, 0.2) is 24.3 Å². The van der Waals surface area contributed by atoms with E-state index < -0.39 is 5.60 Å². The molecular weight excluding hydrogens is 264 g/mol. The molecule has 2 rings (SSSR count). The normalized spacial score (nSPS) is 18.3. The van der Waals surface area contributed by atoms with E-state index >= 15 is 0 Å². The van der Waals surface area contributed by atoms with Crippen LogP contribution in [0.5, 0.6) is 0 Å². The van der Waals surface area contributed by atoms with E-state index in [1.807, 2.05) is 45.0 Å². The van der Waals surface area contributed by atoms with Crippen LogP contribution in [-0.4, -0.2) is 23.1 Å². The first-order valence-electron chi connectivity index (χ1n) is 6.18. The highest BCUT2D eigenvalue weighted by molar-refractivity contribution is 5.85. The molecule has 4 nitrogen and oxygen atoms in total. The van der Waals surface area contributed by atoms with Crippen molar-refractivity contribution in [3.63, 3.8) is 0 Å². The Hall–Kier alpha value is -1.26. The Labute approximate surface area is 120 Å². The quantitative estimate of drug-likeness (QED) is 0.797. The number of rotatable bonds is 0. The average molecular weight is 285 g/mol. The summed E-state index contributed by atoms with van der Waals surface area (Å²) < 4.78 is 5.37. The van der Waals surface area contributed by atoms with Crippen LogP contribution in [0.2, 0.25) is 0 Å². The van der Waals surface area contributed by atoms with Gasteiger partial charge in [0, 0.05) is 19.1 Å². The summed E-state index contributed by atoms with van der Waals surface area (Å²) in [6.45, 7) is 6.67. The molecule has 106 valence electrons. The standard InChI is InChI=1S/C14H20N2O2.ClH/c1-14(2,3)18-13(17)16-8-10-6-4-5-7-11(10)12(15)9-16;/h4-7,12H,8-9,15H2,1-3H3;1H. The van der Waals surface area contributed by atoms with Gasteiger partial charge in [0.05, 0.1) is 0 Å². The summed E-state index contributed by atoms with van der Waals surface area (Å²) in [5.74, 6) is 0. The van der Waals surface area contributed by atoms with Crippen molar-refractivity contribution in [2.75, 3.05) is 6.54 Å². The second-order valence-corrected chi connectivity index (χ2v) is 5.67. The lowest BCUT2D eigenvalue weighted by Gasteiger charge is -2.34. The van der Waals surface area contributed by atoms with Gasteiger partial charge in [0.1, 0.15) is 5.60 Å². The van der Waals surface area contributed by atoms with Gasteiger partial charge in [-0.05, 0) is 31.9 Å². The Morgan fingerprint density at radius 1 is 1.37 bits per heavy atom. The Kier molecular flexibility index (Phi) is 4.82. The molecule has 19 heavy (non-hydrogen) atoms. The number of amides is 1. The zero-order valence-corrected chi connectivity index (χ0v) is 12.4. The minimum atomic E-state index is -0.474. The molecule has 2 N–H and O–H groups in total. The molecule has 1 aromatic rings. The predicted molar refractivity (Wildman–Crippen MR) is 77.3 cm³/mol. The molecule has 0 bridgehead atoms. The Morgan fingerprint density at radius 3 is 2.63 bits per heavy atom. The highest BCUT2D eigenvalue weighted by Crippen LogP contribution is 2.25. The minimum Gasteiger partial charge on any atom is -0.444 e. The Bertz CT molecular complexity index is 457. The lowest BCUT2D eigenvalue weighted by atomic mass is 9.96. The van der Waals surface area contributed by atoms with Gasteiger partial charge < -0.3 is 15.4 Å². The molecule has 1 heterocycles. The summed E-state index contributed by atoms with van der Waals surface area (Å²) in [5, 5.41) is 0. The molecule has 1 unspecified atom stereocenters. The average Bonchev–Trinajstić information content (AvgIpc) is 2.26. The molecule has 0 aromatic heterocycles. The monoisotopic (exact) mass is 284 g/mol. The van der Waals surface area contributed by atoms with E-state index in [4.69, 9.17) is 10.5 Å². The highest BCUT2D eigenvalue weighted by atomic mass is 35.5. The van der Waals surface area contributed by atoms with Crippen LogP contribution in [-0.2, 0) is 11.3 Å². The van der Waals surface area contributed by atoms with Gasteiger partial charge in [-0.1, -0.05) is 24.3 Å². The number of benzene rings is 1. The molecule has 1 amide bonds. The number of hydrogen-bond donors (Lipinski definition) is 1. The van der Waals surface area contributed by atoms with Gasteiger partial charge in [0.15, 0.2) is 0 Å². The number of hydrogen-bond acceptors (Lipinski definition) is 3. The highest BCUT2D eigenvalue weighted by Gasteiger charge is 2.28. The number of fused-ring (bicyclic) bond motifs is 1. The van der Waals surface area contributed by atoms with E-state index in [9.17, 15) is 4.79 Å². The van der Waals surface area contributed by atoms with Crippen molar-refractivity contribution < 1.29 is 9.53 Å². The number of halogens is 1. The molecule has 1 atom stereocenters. The van der Waals surface area contributed by atoms with Gasteiger partial charge in [-0.15, -0.1) is 12.4 Å². The van der Waals surface area contributed by atoms with Gasteiger partial charge in [-0.3, -0.25) is 0 Å². The van der Waals surface area contributed by atoms with Crippen LogP contribution in [0.1, 0.15) is 37.9 Å². The van der Waals surface area contributed by atoms with Gasteiger partial charge in [0.25, 0.3) is 0 Å². The molecule has 0 fully saturated rings. The molecule has 0 spiro atoms. The second-order valence-electron chi connectivity index (χ2n) is 5.67. The number of carbonyl (C=O) groups excluding carboxylic acids is 1. The maximum Gasteiger partial charge on any atom is 0.410 e. The first-order valence-corrected chi connectivity index (χ1v) is 6.18. The first-order chi connectivity index (χ1) is 8.37. The van der Waals surface area contributed by atoms with Crippen molar-refractivity contribution in [1.29, 1.82) is 0 Å². The fourth-order valence-corrected chi connectivity index (χ4v) is 2.11. The van der Waals surface area contributed by atoms with E-state index in [0.717, 1.165) is 11.1 Å². The fourth-order valence-electron chi connectivity index (χ4n) is 2.11. The molecule has 5 heteroatoms. The maximum absolute atomic E-state index is 12.0. The van der Waals surface area contributed by atoms with Crippen molar-refractivity contribution in [2.24, 2.45) is 5.73 Å². The van der Waals surface area contributed by atoms with Crippen LogP contribution in [0.3, 0.4) is 0 Å². The largest absolute Gasteiger partial charge is 0.444 e. The molecular formula is C14H21ClN2O2. The lowest BCUT2D eigenvalue weighted by molar-refractivity contribution is 0.0206. The summed E-state index contributed by atoms with van der Waals surface area (Å²) >= 11 is 0. The van der Waals surface area contributed by atoms with Gasteiger partial charge in [-0.25, -0.2) is 4.79 Å². The molecule has 1 aromatic carbocycles. The Balaban J connectivity index is 0.00000180. The SMILES string of the molecule is CC(C)(C)OC(=O)N1Cc2ccccc2C(N)C1.Cl. The predicted octanol–water partition coefficient (Wildman–Crippen LogP) is 2.86. The summed E-state index contributed by atoms with van der Waals surface area (Å²) in [7, 11) is 0. The van der Waals surface area contributed by atoms with E-state index in [-0.39, 0.29) is 24.5 Å². The molecule has 1 aliphatic heterocycles. The van der Waals surface area contributed by atoms with E-state index in [1.54, 1.807) is 4.90 Å². The smallest absolute Gasteiger partial charge is 0.410 e. The maximum atomic E-state index is 12.0. The zero-order chi connectivity index (χ0) is 13.3. The molecule has 0 saturated heterocycles. The topological polar surface area (TPSA) is 55.6 Å². The molecule has 1 aliphatic rings. The van der Waals surface area contributed by atoms with Crippen LogP contribution in [0, 0.1) is 0 Å². The van der Waals surface area contributed by atoms with Gasteiger partial charge >= 0.3 is 6.09 Å². The van der Waals surface area contributed by atoms with E-state index in [1.165, 1.54) is 0 Å². The zero-order valence-electron chi connectivity index (χ0n) is 11.6. The van der Waals surface area contributed by atoms with Crippen molar-refractivity contribution in [3.05, 3.63) is 35.4 Å². The van der Waals surface area contributed by atoms with Crippen LogP contribution >= 0.6 is 12.4 Å². The second kappa shape index (κ2) is 5.80. The molecule has 0 aliphatic carbocycles. The van der Waals surface area contributed by atoms with Crippen LogP contribution in [0.4, 0.5) is 4.79 Å². The first kappa shape index (κ1) is 15.8. The van der Waals surface area contributed by atoms with Crippen molar-refractivity contribution in [2.45, 2.75) is 39.0 Å². The molecule has 0 radical (unpaired) electrons. The summed E-state index contributed by atoms with van der Waals surface area (Å²) in [6.07, 6.45) is -0.299.